The predicted octanol–water partition coefficient (Wildman–Crippen LogP) is 3.04. The number of hydrogen-bond donors (Lipinski definition) is 2. The van der Waals surface area contributed by atoms with Crippen molar-refractivity contribution < 1.29 is 4.79 Å². The molecule has 6 heteroatoms. The first-order valence-electron chi connectivity index (χ1n) is 5.02. The number of amides is 1. The van der Waals surface area contributed by atoms with Crippen LogP contribution < -0.4 is 10.9 Å². The van der Waals surface area contributed by atoms with Crippen molar-refractivity contribution in [2.24, 2.45) is 0 Å². The molecular weight excluding hydrogens is 320 g/mol. The first kappa shape index (κ1) is 12.9. The van der Waals surface area contributed by atoms with Crippen LogP contribution in [0.15, 0.2) is 45.7 Å². The maximum Gasteiger partial charge on any atom is 0.272 e. The highest BCUT2D eigenvalue weighted by Crippen LogP contribution is 2.26. The van der Waals surface area contributed by atoms with E-state index in [1.54, 1.807) is 18.2 Å². The summed E-state index contributed by atoms with van der Waals surface area (Å²) in [5.41, 5.74) is 0.402. The van der Waals surface area contributed by atoms with Crippen molar-refractivity contribution in [3.8, 4) is 0 Å². The number of H-pyrrole nitrogens is 1. The minimum atomic E-state index is -0.407. The zero-order chi connectivity index (χ0) is 13.1. The van der Waals surface area contributed by atoms with Gasteiger partial charge < -0.3 is 10.3 Å². The van der Waals surface area contributed by atoms with Gasteiger partial charge in [-0.3, -0.25) is 9.59 Å². The number of rotatable bonds is 2. The molecule has 0 aliphatic heterocycles. The quantitative estimate of drug-likeness (QED) is 0.890. The summed E-state index contributed by atoms with van der Waals surface area (Å²) in [5.74, 6) is -0.407. The summed E-state index contributed by atoms with van der Waals surface area (Å²) in [5, 5.41) is 3.16. The molecule has 1 aromatic heterocycles. The van der Waals surface area contributed by atoms with Gasteiger partial charge in [0.25, 0.3) is 5.91 Å². The molecule has 0 fully saturated rings. The van der Waals surface area contributed by atoms with Crippen molar-refractivity contribution in [3.05, 3.63) is 61.9 Å². The van der Waals surface area contributed by atoms with Gasteiger partial charge >= 0.3 is 0 Å². The Morgan fingerprint density at radius 2 is 2.06 bits per heavy atom. The molecule has 0 radical (unpaired) electrons. The molecule has 0 aliphatic carbocycles. The van der Waals surface area contributed by atoms with Crippen LogP contribution in [0.2, 0.25) is 5.02 Å². The third kappa shape index (κ3) is 3.00. The summed E-state index contributed by atoms with van der Waals surface area (Å²) in [7, 11) is 0. The number of aromatic nitrogens is 1. The second-order valence-electron chi connectivity index (χ2n) is 3.51. The molecular formula is C12H8BrClN2O2. The highest BCUT2D eigenvalue weighted by atomic mass is 79.9. The highest BCUT2D eigenvalue weighted by molar-refractivity contribution is 9.10. The van der Waals surface area contributed by atoms with Crippen LogP contribution in [0.5, 0.6) is 0 Å². The van der Waals surface area contributed by atoms with Crippen molar-refractivity contribution in [2.75, 3.05) is 5.32 Å². The molecule has 0 spiro atoms. The first-order chi connectivity index (χ1) is 8.56. The van der Waals surface area contributed by atoms with E-state index < -0.39 is 5.91 Å². The van der Waals surface area contributed by atoms with E-state index in [0.29, 0.717) is 15.2 Å². The summed E-state index contributed by atoms with van der Waals surface area (Å²) in [6, 6.07) is 9.42. The molecule has 0 aliphatic rings. The molecule has 1 amide bonds. The molecule has 4 nitrogen and oxygen atoms in total. The molecule has 18 heavy (non-hydrogen) atoms. The van der Waals surface area contributed by atoms with E-state index in [1.165, 1.54) is 18.2 Å². The number of hydrogen-bond acceptors (Lipinski definition) is 2. The lowest BCUT2D eigenvalue weighted by Gasteiger charge is -2.07. The van der Waals surface area contributed by atoms with E-state index in [0.717, 1.165) is 0 Å². The van der Waals surface area contributed by atoms with Gasteiger partial charge in [0, 0.05) is 15.6 Å². The van der Waals surface area contributed by atoms with Crippen molar-refractivity contribution in [2.45, 2.75) is 0 Å². The van der Waals surface area contributed by atoms with Crippen LogP contribution in [0.4, 0.5) is 5.69 Å². The lowest BCUT2D eigenvalue weighted by molar-refractivity contribution is 0.102. The molecule has 0 saturated carbocycles. The van der Waals surface area contributed by atoms with E-state index in [4.69, 9.17) is 11.6 Å². The van der Waals surface area contributed by atoms with Gasteiger partial charge in [-0.1, -0.05) is 17.7 Å². The minimum absolute atomic E-state index is 0.189. The van der Waals surface area contributed by atoms with Gasteiger partial charge in [-0.25, -0.2) is 0 Å². The lowest BCUT2D eigenvalue weighted by Crippen LogP contribution is -2.18. The van der Waals surface area contributed by atoms with Crippen LogP contribution in [0.1, 0.15) is 10.5 Å². The number of pyridine rings is 1. The summed E-state index contributed by atoms with van der Waals surface area (Å²) < 4.78 is 0.707. The highest BCUT2D eigenvalue weighted by Gasteiger charge is 2.09. The van der Waals surface area contributed by atoms with Crippen molar-refractivity contribution in [1.82, 2.24) is 4.98 Å². The topological polar surface area (TPSA) is 62.0 Å². The molecule has 0 atom stereocenters. The maximum absolute atomic E-state index is 11.9. The van der Waals surface area contributed by atoms with Gasteiger partial charge in [0.2, 0.25) is 5.56 Å². The third-order valence-corrected chi connectivity index (χ3v) is 3.12. The van der Waals surface area contributed by atoms with Crippen LogP contribution in [0.3, 0.4) is 0 Å². The van der Waals surface area contributed by atoms with E-state index in [1.807, 2.05) is 0 Å². The summed E-state index contributed by atoms with van der Waals surface area (Å²) >= 11 is 9.14. The van der Waals surface area contributed by atoms with Gasteiger partial charge in [-0.05, 0) is 40.2 Å². The van der Waals surface area contributed by atoms with Gasteiger partial charge in [-0.2, -0.15) is 0 Å². The second-order valence-corrected chi connectivity index (χ2v) is 4.80. The summed E-state index contributed by atoms with van der Waals surface area (Å²) in [6.45, 7) is 0. The van der Waals surface area contributed by atoms with Crippen LogP contribution >= 0.6 is 27.5 Å². The Bertz CT molecular complexity index is 655. The summed E-state index contributed by atoms with van der Waals surface area (Å²) in [6.07, 6.45) is 0. The Morgan fingerprint density at radius 3 is 2.78 bits per heavy atom. The Kier molecular flexibility index (Phi) is 3.84. The normalized spacial score (nSPS) is 10.1. The molecule has 1 heterocycles. The molecule has 92 valence electrons. The molecule has 0 bridgehead atoms. The monoisotopic (exact) mass is 326 g/mol. The number of carbonyl (C=O) groups excluding carboxylic acids is 1. The van der Waals surface area contributed by atoms with Gasteiger partial charge in [-0.15, -0.1) is 0 Å². The third-order valence-electron chi connectivity index (χ3n) is 2.19. The zero-order valence-corrected chi connectivity index (χ0v) is 11.4. The standard InChI is InChI=1S/C12H8BrClN2O2/c13-8-5-4-7(14)6-10(8)16-12(18)9-2-1-3-11(17)15-9/h1-6H,(H,15,17)(H,16,18). The van der Waals surface area contributed by atoms with Gasteiger partial charge in [0.15, 0.2) is 0 Å². The van der Waals surface area contributed by atoms with E-state index >= 15 is 0 Å². The molecule has 2 aromatic rings. The fraction of sp³-hybridized carbons (Fsp3) is 0. The van der Waals surface area contributed by atoms with Crippen LogP contribution in [-0.4, -0.2) is 10.9 Å². The average molecular weight is 328 g/mol. The zero-order valence-electron chi connectivity index (χ0n) is 9.04. The Morgan fingerprint density at radius 1 is 1.28 bits per heavy atom. The Balaban J connectivity index is 2.26. The smallest absolute Gasteiger partial charge is 0.272 e. The number of halogens is 2. The van der Waals surface area contributed by atoms with Crippen LogP contribution in [0.25, 0.3) is 0 Å². The first-order valence-corrected chi connectivity index (χ1v) is 6.19. The second kappa shape index (κ2) is 5.37. The minimum Gasteiger partial charge on any atom is -0.320 e. The number of anilines is 1. The van der Waals surface area contributed by atoms with Gasteiger partial charge in [0.1, 0.15) is 5.69 Å². The fourth-order valence-electron chi connectivity index (χ4n) is 1.36. The number of nitrogens with one attached hydrogen (secondary N) is 2. The predicted molar refractivity (Wildman–Crippen MR) is 74.2 cm³/mol. The van der Waals surface area contributed by atoms with Crippen LogP contribution in [0, 0.1) is 0 Å². The molecule has 1 aromatic carbocycles. The SMILES string of the molecule is O=C(Nc1cc(Cl)ccc1Br)c1cccc(=O)[nH]1. The van der Waals surface area contributed by atoms with Crippen molar-refractivity contribution >= 4 is 39.1 Å². The van der Waals surface area contributed by atoms with E-state index in [2.05, 4.69) is 26.2 Å². The molecule has 2 rings (SSSR count). The number of benzene rings is 1. The fourth-order valence-corrected chi connectivity index (χ4v) is 1.88. The maximum atomic E-state index is 11.9. The van der Waals surface area contributed by atoms with Gasteiger partial charge in [0.05, 0.1) is 5.69 Å². The molecule has 2 N–H and O–H groups in total. The number of carbonyl (C=O) groups is 1. The van der Waals surface area contributed by atoms with Crippen molar-refractivity contribution in [1.29, 1.82) is 0 Å². The Hall–Kier alpha value is -1.59. The van der Waals surface area contributed by atoms with Crippen molar-refractivity contribution in [3.63, 3.8) is 0 Å². The van der Waals surface area contributed by atoms with E-state index in [-0.39, 0.29) is 11.3 Å². The Labute approximate surface area is 116 Å². The number of aromatic amines is 1. The molecule has 0 saturated heterocycles. The average Bonchev–Trinajstić information content (AvgIpc) is 2.34. The summed E-state index contributed by atoms with van der Waals surface area (Å²) in [4.78, 5) is 25.4. The van der Waals surface area contributed by atoms with Crippen LogP contribution in [-0.2, 0) is 0 Å². The molecule has 0 unspecified atom stereocenters. The van der Waals surface area contributed by atoms with E-state index in [9.17, 15) is 9.59 Å². The lowest BCUT2D eigenvalue weighted by atomic mass is 10.3. The largest absolute Gasteiger partial charge is 0.320 e.